The SMILES string of the molecule is CCCCCCCCn1c(-c2ccccn2)n[nH]c1=S. The molecule has 0 amide bonds. The standard InChI is InChI=1S/C15H22N4S/c1-2-3-4-5-6-9-12-19-14(17-18-15(19)20)13-10-7-8-11-16-13/h7-8,10-11H,2-6,9,12H2,1H3,(H,18,20). The number of nitrogens with one attached hydrogen (secondary N) is 1. The van der Waals surface area contributed by atoms with E-state index in [1.165, 1.54) is 32.1 Å². The van der Waals surface area contributed by atoms with Crippen LogP contribution in [0, 0.1) is 4.77 Å². The van der Waals surface area contributed by atoms with Gasteiger partial charge in [-0.25, -0.2) is 0 Å². The molecule has 0 bridgehead atoms. The fourth-order valence-corrected chi connectivity index (χ4v) is 2.49. The molecule has 108 valence electrons. The van der Waals surface area contributed by atoms with Crippen molar-refractivity contribution in [2.24, 2.45) is 0 Å². The van der Waals surface area contributed by atoms with Gasteiger partial charge in [-0.15, -0.1) is 0 Å². The maximum absolute atomic E-state index is 5.31. The number of aromatic nitrogens is 4. The molecule has 2 aromatic rings. The zero-order chi connectivity index (χ0) is 14.2. The number of hydrogen-bond donors (Lipinski definition) is 1. The second-order valence-corrected chi connectivity index (χ2v) is 5.37. The lowest BCUT2D eigenvalue weighted by Gasteiger charge is -2.06. The summed E-state index contributed by atoms with van der Waals surface area (Å²) in [6, 6.07) is 5.83. The molecule has 2 aromatic heterocycles. The van der Waals surface area contributed by atoms with Crippen LogP contribution in [0.5, 0.6) is 0 Å². The van der Waals surface area contributed by atoms with Gasteiger partial charge in [0.15, 0.2) is 10.6 Å². The fourth-order valence-electron chi connectivity index (χ4n) is 2.27. The maximum Gasteiger partial charge on any atom is 0.195 e. The summed E-state index contributed by atoms with van der Waals surface area (Å²) in [6.45, 7) is 3.15. The lowest BCUT2D eigenvalue weighted by atomic mass is 10.1. The lowest BCUT2D eigenvalue weighted by molar-refractivity contribution is 0.556. The van der Waals surface area contributed by atoms with Crippen molar-refractivity contribution in [2.45, 2.75) is 52.0 Å². The second-order valence-electron chi connectivity index (χ2n) is 4.99. The van der Waals surface area contributed by atoms with Gasteiger partial charge in [0.05, 0.1) is 0 Å². The summed E-state index contributed by atoms with van der Waals surface area (Å²) in [5.41, 5.74) is 0.867. The fraction of sp³-hybridized carbons (Fsp3) is 0.533. The van der Waals surface area contributed by atoms with Gasteiger partial charge in [0.2, 0.25) is 0 Å². The molecule has 0 aromatic carbocycles. The van der Waals surface area contributed by atoms with E-state index in [9.17, 15) is 0 Å². The highest BCUT2D eigenvalue weighted by Gasteiger charge is 2.08. The minimum atomic E-state index is 0.680. The lowest BCUT2D eigenvalue weighted by Crippen LogP contribution is -2.02. The molecule has 0 saturated heterocycles. The molecule has 0 unspecified atom stereocenters. The van der Waals surface area contributed by atoms with E-state index in [2.05, 4.69) is 26.7 Å². The molecular formula is C15H22N4S. The van der Waals surface area contributed by atoms with E-state index in [0.29, 0.717) is 4.77 Å². The first kappa shape index (κ1) is 14.9. The maximum atomic E-state index is 5.31. The van der Waals surface area contributed by atoms with E-state index in [0.717, 1.165) is 24.5 Å². The molecule has 20 heavy (non-hydrogen) atoms. The molecule has 0 aliphatic heterocycles. The summed E-state index contributed by atoms with van der Waals surface area (Å²) < 4.78 is 2.73. The monoisotopic (exact) mass is 290 g/mol. The van der Waals surface area contributed by atoms with E-state index < -0.39 is 0 Å². The molecule has 0 aliphatic rings. The van der Waals surface area contributed by atoms with Crippen LogP contribution in [-0.2, 0) is 6.54 Å². The Labute approximate surface area is 125 Å². The Kier molecular flexibility index (Phi) is 5.92. The van der Waals surface area contributed by atoms with E-state index in [1.807, 2.05) is 18.2 Å². The third kappa shape index (κ3) is 4.00. The Morgan fingerprint density at radius 1 is 1.15 bits per heavy atom. The Bertz CT molecular complexity index is 559. The topological polar surface area (TPSA) is 46.5 Å². The summed E-state index contributed by atoms with van der Waals surface area (Å²) in [7, 11) is 0. The van der Waals surface area contributed by atoms with Crippen molar-refractivity contribution in [2.75, 3.05) is 0 Å². The van der Waals surface area contributed by atoms with Crippen molar-refractivity contribution in [1.82, 2.24) is 19.7 Å². The molecule has 0 aliphatic carbocycles. The van der Waals surface area contributed by atoms with Crippen LogP contribution in [-0.4, -0.2) is 19.7 Å². The molecule has 4 nitrogen and oxygen atoms in total. The van der Waals surface area contributed by atoms with Gasteiger partial charge >= 0.3 is 0 Å². The molecule has 0 fully saturated rings. The predicted molar refractivity (Wildman–Crippen MR) is 84.0 cm³/mol. The highest BCUT2D eigenvalue weighted by atomic mass is 32.1. The molecule has 1 N–H and O–H groups in total. The summed E-state index contributed by atoms with van der Waals surface area (Å²) in [4.78, 5) is 4.34. The van der Waals surface area contributed by atoms with E-state index in [4.69, 9.17) is 12.2 Å². The van der Waals surface area contributed by atoms with Gasteiger partial charge in [0, 0.05) is 12.7 Å². The van der Waals surface area contributed by atoms with Crippen LogP contribution in [0.3, 0.4) is 0 Å². The summed E-state index contributed by atoms with van der Waals surface area (Å²) in [5, 5.41) is 7.17. The summed E-state index contributed by atoms with van der Waals surface area (Å²) >= 11 is 5.31. The summed E-state index contributed by atoms with van der Waals surface area (Å²) in [5.74, 6) is 0.837. The number of aromatic amines is 1. The van der Waals surface area contributed by atoms with Crippen molar-refractivity contribution < 1.29 is 0 Å². The molecular weight excluding hydrogens is 268 g/mol. The first-order valence-corrected chi connectivity index (χ1v) is 7.80. The van der Waals surface area contributed by atoms with Gasteiger partial charge in [0.25, 0.3) is 0 Å². The van der Waals surface area contributed by atoms with Crippen molar-refractivity contribution in [1.29, 1.82) is 0 Å². The zero-order valence-corrected chi connectivity index (χ0v) is 12.8. The van der Waals surface area contributed by atoms with Gasteiger partial charge in [-0.05, 0) is 30.8 Å². The van der Waals surface area contributed by atoms with Crippen LogP contribution in [0.4, 0.5) is 0 Å². The third-order valence-electron chi connectivity index (χ3n) is 3.39. The van der Waals surface area contributed by atoms with Crippen LogP contribution in [0.25, 0.3) is 11.5 Å². The first-order valence-electron chi connectivity index (χ1n) is 7.39. The molecule has 0 atom stereocenters. The Morgan fingerprint density at radius 3 is 2.70 bits per heavy atom. The van der Waals surface area contributed by atoms with Crippen LogP contribution < -0.4 is 0 Å². The van der Waals surface area contributed by atoms with Crippen LogP contribution in [0.15, 0.2) is 24.4 Å². The van der Waals surface area contributed by atoms with Gasteiger partial charge in [-0.2, -0.15) is 5.10 Å². The van der Waals surface area contributed by atoms with Crippen LogP contribution >= 0.6 is 12.2 Å². The Morgan fingerprint density at radius 2 is 1.95 bits per heavy atom. The first-order chi connectivity index (χ1) is 9.83. The Hall–Kier alpha value is -1.49. The largest absolute Gasteiger partial charge is 0.299 e. The normalized spacial score (nSPS) is 10.8. The molecule has 0 radical (unpaired) electrons. The van der Waals surface area contributed by atoms with Crippen molar-refractivity contribution in [3.8, 4) is 11.5 Å². The highest BCUT2D eigenvalue weighted by Crippen LogP contribution is 2.15. The number of H-pyrrole nitrogens is 1. The average molecular weight is 290 g/mol. The second kappa shape index (κ2) is 7.94. The van der Waals surface area contributed by atoms with Crippen molar-refractivity contribution in [3.05, 3.63) is 29.2 Å². The number of unbranched alkanes of at least 4 members (excludes halogenated alkanes) is 5. The van der Waals surface area contributed by atoms with Gasteiger partial charge < -0.3 is 0 Å². The van der Waals surface area contributed by atoms with Gasteiger partial charge in [0.1, 0.15) is 5.69 Å². The van der Waals surface area contributed by atoms with Gasteiger partial charge in [-0.3, -0.25) is 14.6 Å². The van der Waals surface area contributed by atoms with Crippen LogP contribution in [0.1, 0.15) is 45.4 Å². The van der Waals surface area contributed by atoms with Crippen molar-refractivity contribution >= 4 is 12.2 Å². The smallest absolute Gasteiger partial charge is 0.195 e. The number of rotatable bonds is 8. The molecule has 2 heterocycles. The van der Waals surface area contributed by atoms with E-state index in [-0.39, 0.29) is 0 Å². The average Bonchev–Trinajstić information content (AvgIpc) is 2.85. The molecule has 2 rings (SSSR count). The van der Waals surface area contributed by atoms with E-state index in [1.54, 1.807) is 6.20 Å². The van der Waals surface area contributed by atoms with Crippen molar-refractivity contribution in [3.63, 3.8) is 0 Å². The predicted octanol–water partition coefficient (Wildman–Crippen LogP) is 4.36. The highest BCUT2D eigenvalue weighted by molar-refractivity contribution is 7.71. The zero-order valence-electron chi connectivity index (χ0n) is 12.0. The third-order valence-corrected chi connectivity index (χ3v) is 3.70. The minimum Gasteiger partial charge on any atom is -0.299 e. The summed E-state index contributed by atoms with van der Waals surface area (Å²) in [6.07, 6.45) is 9.42. The number of nitrogens with zero attached hydrogens (tertiary/aromatic N) is 3. The van der Waals surface area contributed by atoms with E-state index >= 15 is 0 Å². The number of pyridine rings is 1. The molecule has 0 spiro atoms. The molecule has 0 saturated carbocycles. The minimum absolute atomic E-state index is 0.680. The number of hydrogen-bond acceptors (Lipinski definition) is 3. The molecule has 5 heteroatoms. The van der Waals surface area contributed by atoms with Gasteiger partial charge in [-0.1, -0.05) is 45.1 Å². The quantitative estimate of drug-likeness (QED) is 0.580. The Balaban J connectivity index is 1.95. The van der Waals surface area contributed by atoms with Crippen LogP contribution in [0.2, 0.25) is 0 Å².